The van der Waals surface area contributed by atoms with Crippen molar-refractivity contribution in [1.82, 2.24) is 0 Å². The van der Waals surface area contributed by atoms with Crippen molar-refractivity contribution in [3.63, 3.8) is 0 Å². The van der Waals surface area contributed by atoms with Crippen LogP contribution >= 0.6 is 23.5 Å². The lowest BCUT2D eigenvalue weighted by Crippen LogP contribution is -2.27. The van der Waals surface area contributed by atoms with E-state index in [1.165, 1.54) is 65.8 Å². The van der Waals surface area contributed by atoms with E-state index in [0.29, 0.717) is 0 Å². The summed E-state index contributed by atoms with van der Waals surface area (Å²) in [4.78, 5) is 15.5. The van der Waals surface area contributed by atoms with Crippen LogP contribution in [0.5, 0.6) is 0 Å². The summed E-state index contributed by atoms with van der Waals surface area (Å²) in [6.45, 7) is 8.76. The molecule has 1 fully saturated rings. The minimum Gasteiger partial charge on any atom is -0.287 e. The molecular formula is C36H38N2S2. The van der Waals surface area contributed by atoms with Crippen molar-refractivity contribution in [3.05, 3.63) is 118 Å². The van der Waals surface area contributed by atoms with E-state index in [-0.39, 0.29) is 12.1 Å². The molecule has 0 unspecified atom stereocenters. The molecule has 4 aromatic rings. The molecule has 5 rings (SSSR count). The summed E-state index contributed by atoms with van der Waals surface area (Å²) in [7, 11) is 0. The van der Waals surface area contributed by atoms with E-state index in [0.717, 1.165) is 12.8 Å². The van der Waals surface area contributed by atoms with Gasteiger partial charge < -0.3 is 0 Å². The summed E-state index contributed by atoms with van der Waals surface area (Å²) < 4.78 is 0. The maximum absolute atomic E-state index is 5.15. The molecule has 0 spiro atoms. The highest BCUT2D eigenvalue weighted by atomic mass is 32.2. The number of nitrogens with zero attached hydrogens (tertiary/aromatic N) is 2. The maximum Gasteiger partial charge on any atom is 0.0723 e. The van der Waals surface area contributed by atoms with E-state index in [1.807, 2.05) is 23.5 Å². The van der Waals surface area contributed by atoms with E-state index >= 15 is 0 Å². The van der Waals surface area contributed by atoms with Gasteiger partial charge >= 0.3 is 0 Å². The molecule has 204 valence electrons. The van der Waals surface area contributed by atoms with Crippen LogP contribution in [0.15, 0.2) is 114 Å². The Morgan fingerprint density at radius 3 is 1.30 bits per heavy atom. The molecule has 0 N–H and O–H groups in total. The highest BCUT2D eigenvalue weighted by Crippen LogP contribution is 2.36. The largest absolute Gasteiger partial charge is 0.287 e. The molecule has 1 aliphatic rings. The van der Waals surface area contributed by atoms with Crippen LogP contribution in [0.25, 0.3) is 0 Å². The Bertz CT molecular complexity index is 1370. The van der Waals surface area contributed by atoms with Gasteiger partial charge in [0, 0.05) is 43.1 Å². The number of aliphatic imine (C=N–C) groups is 2. The SMILES string of the molecule is Cc1cccc(C)c1Sc1ccccc1C=N[C@@H]1CCCC[C@H]1N=Cc1ccccc1Sc1c(C)cccc1C. The summed E-state index contributed by atoms with van der Waals surface area (Å²) in [5, 5.41) is 0. The molecule has 0 saturated heterocycles. The number of hydrogen-bond donors (Lipinski definition) is 0. The average Bonchev–Trinajstić information content (AvgIpc) is 2.96. The van der Waals surface area contributed by atoms with Gasteiger partial charge in [-0.2, -0.15) is 0 Å². The number of hydrogen-bond acceptors (Lipinski definition) is 4. The number of rotatable bonds is 8. The summed E-state index contributed by atoms with van der Waals surface area (Å²) in [6.07, 6.45) is 8.79. The van der Waals surface area contributed by atoms with Gasteiger partial charge in [0.05, 0.1) is 12.1 Å². The van der Waals surface area contributed by atoms with Crippen LogP contribution in [0.1, 0.15) is 59.1 Å². The normalized spacial score (nSPS) is 17.6. The minimum atomic E-state index is 0.210. The van der Waals surface area contributed by atoms with Gasteiger partial charge in [-0.25, -0.2) is 0 Å². The number of aryl methyl sites for hydroxylation is 4. The third-order valence-corrected chi connectivity index (χ3v) is 10.5. The molecule has 2 atom stereocenters. The fourth-order valence-electron chi connectivity index (χ4n) is 5.29. The zero-order valence-electron chi connectivity index (χ0n) is 23.9. The lowest BCUT2D eigenvalue weighted by atomic mass is 9.91. The third kappa shape index (κ3) is 6.97. The van der Waals surface area contributed by atoms with Crippen molar-refractivity contribution >= 4 is 36.0 Å². The van der Waals surface area contributed by atoms with Gasteiger partial charge in [0.1, 0.15) is 0 Å². The lowest BCUT2D eigenvalue weighted by Gasteiger charge is -2.25. The smallest absolute Gasteiger partial charge is 0.0723 e. The average molecular weight is 563 g/mol. The van der Waals surface area contributed by atoms with Crippen LogP contribution < -0.4 is 0 Å². The monoisotopic (exact) mass is 562 g/mol. The van der Waals surface area contributed by atoms with Crippen molar-refractivity contribution in [2.24, 2.45) is 9.98 Å². The highest BCUT2D eigenvalue weighted by Gasteiger charge is 2.23. The van der Waals surface area contributed by atoms with Crippen molar-refractivity contribution in [3.8, 4) is 0 Å². The summed E-state index contributed by atoms with van der Waals surface area (Å²) in [5.41, 5.74) is 7.62. The van der Waals surface area contributed by atoms with E-state index < -0.39 is 0 Å². The second kappa shape index (κ2) is 13.5. The fraction of sp³-hybridized carbons (Fsp3) is 0.278. The molecule has 4 heteroatoms. The first-order valence-corrected chi connectivity index (χ1v) is 15.9. The molecule has 0 heterocycles. The summed E-state index contributed by atoms with van der Waals surface area (Å²) in [6, 6.07) is 30.7. The Labute approximate surface area is 248 Å². The Hall–Kier alpha value is -3.08. The molecular weight excluding hydrogens is 525 g/mol. The Kier molecular flexibility index (Phi) is 9.62. The second-order valence-corrected chi connectivity index (χ2v) is 12.8. The van der Waals surface area contributed by atoms with E-state index in [1.54, 1.807) is 0 Å². The van der Waals surface area contributed by atoms with Gasteiger partial charge in [0.15, 0.2) is 0 Å². The molecule has 0 amide bonds. The summed E-state index contributed by atoms with van der Waals surface area (Å²) in [5.74, 6) is 0. The van der Waals surface area contributed by atoms with Crippen LogP contribution in [0, 0.1) is 27.7 Å². The van der Waals surface area contributed by atoms with Crippen molar-refractivity contribution in [2.45, 2.75) is 85.0 Å². The molecule has 1 saturated carbocycles. The highest BCUT2D eigenvalue weighted by molar-refractivity contribution is 7.99. The molecule has 1 aliphatic carbocycles. The molecule has 0 bridgehead atoms. The predicted octanol–water partition coefficient (Wildman–Crippen LogP) is 10.1. The molecule has 40 heavy (non-hydrogen) atoms. The van der Waals surface area contributed by atoms with Gasteiger partial charge in [0.2, 0.25) is 0 Å². The quantitative estimate of drug-likeness (QED) is 0.200. The van der Waals surface area contributed by atoms with E-state index in [4.69, 9.17) is 9.98 Å². The summed E-state index contributed by atoms with van der Waals surface area (Å²) >= 11 is 3.69. The maximum atomic E-state index is 5.15. The Morgan fingerprint density at radius 2 is 0.900 bits per heavy atom. The first-order valence-electron chi connectivity index (χ1n) is 14.2. The van der Waals surface area contributed by atoms with Crippen molar-refractivity contribution < 1.29 is 0 Å². The van der Waals surface area contributed by atoms with Crippen LogP contribution in [0.3, 0.4) is 0 Å². The molecule has 0 aromatic heterocycles. The van der Waals surface area contributed by atoms with Crippen LogP contribution in [-0.2, 0) is 0 Å². The molecule has 0 radical (unpaired) electrons. The van der Waals surface area contributed by atoms with E-state index in [9.17, 15) is 0 Å². The van der Waals surface area contributed by atoms with Gasteiger partial charge in [0.25, 0.3) is 0 Å². The first kappa shape index (κ1) is 28.4. The van der Waals surface area contributed by atoms with Gasteiger partial charge in [-0.15, -0.1) is 0 Å². The van der Waals surface area contributed by atoms with Crippen molar-refractivity contribution in [1.29, 1.82) is 0 Å². The zero-order valence-corrected chi connectivity index (χ0v) is 25.6. The van der Waals surface area contributed by atoms with Crippen LogP contribution in [0.4, 0.5) is 0 Å². The predicted molar refractivity (Wildman–Crippen MR) is 174 cm³/mol. The third-order valence-electron chi connectivity index (χ3n) is 7.58. The number of benzene rings is 4. The van der Waals surface area contributed by atoms with E-state index in [2.05, 4.69) is 125 Å². The molecule has 4 aromatic carbocycles. The second-order valence-electron chi connectivity index (χ2n) is 10.7. The van der Waals surface area contributed by atoms with Gasteiger partial charge in [-0.3, -0.25) is 9.98 Å². The molecule has 0 aliphatic heterocycles. The van der Waals surface area contributed by atoms with Gasteiger partial charge in [-0.1, -0.05) is 109 Å². The molecule has 2 nitrogen and oxygen atoms in total. The lowest BCUT2D eigenvalue weighted by molar-refractivity contribution is 0.390. The minimum absolute atomic E-state index is 0.210. The van der Waals surface area contributed by atoms with Crippen LogP contribution in [0.2, 0.25) is 0 Å². The Balaban J connectivity index is 1.35. The van der Waals surface area contributed by atoms with Gasteiger partial charge in [-0.05, 0) is 74.9 Å². The van der Waals surface area contributed by atoms with Crippen molar-refractivity contribution in [2.75, 3.05) is 0 Å². The Morgan fingerprint density at radius 1 is 0.525 bits per heavy atom. The fourth-order valence-corrected chi connectivity index (χ4v) is 7.42. The standard InChI is InChI=1S/C36H38N2S2/c1-25-13-11-14-26(2)35(25)39-33-21-9-5-17-29(33)23-37-31-19-7-8-20-32(31)38-24-30-18-6-10-22-34(30)40-36-27(3)15-12-16-28(36)4/h5-6,9-18,21-24,31-32H,7-8,19-20H2,1-4H3/t31-,32-/m1/s1. The van der Waals surface area contributed by atoms with Crippen LogP contribution in [-0.4, -0.2) is 24.5 Å². The topological polar surface area (TPSA) is 24.7 Å². The first-order chi connectivity index (χ1) is 19.5. The zero-order chi connectivity index (χ0) is 27.9.